The quantitative estimate of drug-likeness (QED) is 0.795. The molecule has 1 saturated heterocycles. The Labute approximate surface area is 154 Å². The summed E-state index contributed by atoms with van der Waals surface area (Å²) in [5.74, 6) is -0.884. The first-order chi connectivity index (χ1) is 12.7. The van der Waals surface area contributed by atoms with Gasteiger partial charge in [0.05, 0.1) is 6.54 Å². The summed E-state index contributed by atoms with van der Waals surface area (Å²) in [5.41, 5.74) is 1.73. The number of rotatable bonds is 4. The normalized spacial score (nSPS) is 14.9. The van der Waals surface area contributed by atoms with Crippen molar-refractivity contribution in [3.8, 4) is 0 Å². The van der Waals surface area contributed by atoms with E-state index in [9.17, 15) is 9.59 Å². The van der Waals surface area contributed by atoms with Crippen LogP contribution in [0, 0.1) is 0 Å². The van der Waals surface area contributed by atoms with E-state index in [0.29, 0.717) is 19.6 Å². The molecular weight excluding hydrogens is 326 g/mol. The number of hydrogen-bond acceptors (Lipinski definition) is 3. The molecule has 2 aromatic rings. The van der Waals surface area contributed by atoms with E-state index in [1.807, 2.05) is 60.7 Å². The minimum atomic E-state index is -0.468. The van der Waals surface area contributed by atoms with Crippen LogP contribution in [0.15, 0.2) is 60.7 Å². The van der Waals surface area contributed by atoms with Crippen LogP contribution in [0.4, 0.5) is 5.69 Å². The predicted molar refractivity (Wildman–Crippen MR) is 103 cm³/mol. The molecule has 0 saturated carbocycles. The third kappa shape index (κ3) is 4.29. The highest BCUT2D eigenvalue weighted by atomic mass is 16.2. The maximum atomic E-state index is 13.0. The zero-order valence-corrected chi connectivity index (χ0v) is 15.2. The molecule has 0 spiro atoms. The van der Waals surface area contributed by atoms with Crippen molar-refractivity contribution in [1.29, 1.82) is 0 Å². The number of piperazine rings is 1. The molecule has 0 radical (unpaired) electrons. The van der Waals surface area contributed by atoms with Crippen molar-refractivity contribution >= 4 is 17.5 Å². The second-order valence-electron chi connectivity index (χ2n) is 6.44. The summed E-state index contributed by atoms with van der Waals surface area (Å²) in [6.07, 6.45) is 0. The van der Waals surface area contributed by atoms with E-state index < -0.39 is 11.8 Å². The van der Waals surface area contributed by atoms with E-state index in [0.717, 1.165) is 30.9 Å². The summed E-state index contributed by atoms with van der Waals surface area (Å²) in [6, 6.07) is 19.1. The van der Waals surface area contributed by atoms with Crippen molar-refractivity contribution in [2.45, 2.75) is 13.5 Å². The number of carbonyl (C=O) groups excluding carboxylic acids is 2. The van der Waals surface area contributed by atoms with Gasteiger partial charge in [0.25, 0.3) is 0 Å². The molecule has 0 atom stereocenters. The number of amides is 2. The van der Waals surface area contributed by atoms with Gasteiger partial charge in [-0.1, -0.05) is 55.5 Å². The molecule has 1 fully saturated rings. The Morgan fingerprint density at radius 1 is 0.885 bits per heavy atom. The fraction of sp³-hybridized carbons (Fsp3) is 0.333. The molecule has 1 aliphatic heterocycles. The van der Waals surface area contributed by atoms with Crippen molar-refractivity contribution in [2.24, 2.45) is 0 Å². The van der Waals surface area contributed by atoms with E-state index >= 15 is 0 Å². The molecule has 0 aromatic heterocycles. The van der Waals surface area contributed by atoms with Gasteiger partial charge in [0.15, 0.2) is 0 Å². The molecule has 1 aliphatic rings. The first-order valence-electron chi connectivity index (χ1n) is 9.11. The molecule has 3 rings (SSSR count). The second-order valence-corrected chi connectivity index (χ2v) is 6.44. The van der Waals surface area contributed by atoms with Crippen LogP contribution >= 0.6 is 0 Å². The average molecular weight is 351 g/mol. The second kappa shape index (κ2) is 8.63. The first kappa shape index (κ1) is 18.1. The molecule has 1 heterocycles. The first-order valence-corrected chi connectivity index (χ1v) is 9.11. The molecule has 0 bridgehead atoms. The largest absolute Gasteiger partial charge is 0.332 e. The van der Waals surface area contributed by atoms with Gasteiger partial charge in [-0.25, -0.2) is 0 Å². The van der Waals surface area contributed by atoms with Crippen molar-refractivity contribution in [1.82, 2.24) is 9.80 Å². The van der Waals surface area contributed by atoms with Crippen LogP contribution in [0.2, 0.25) is 0 Å². The van der Waals surface area contributed by atoms with Crippen LogP contribution in [0.1, 0.15) is 12.5 Å². The number of carbonyl (C=O) groups is 2. The van der Waals surface area contributed by atoms with E-state index in [1.54, 1.807) is 9.80 Å². The van der Waals surface area contributed by atoms with Gasteiger partial charge in [-0.05, 0) is 24.2 Å². The molecule has 2 amide bonds. The lowest BCUT2D eigenvalue weighted by atomic mass is 10.2. The molecule has 0 aliphatic carbocycles. The highest BCUT2D eigenvalue weighted by molar-refractivity contribution is 6.40. The van der Waals surface area contributed by atoms with Crippen LogP contribution in [-0.2, 0) is 16.1 Å². The van der Waals surface area contributed by atoms with Crippen LogP contribution in [-0.4, -0.2) is 54.3 Å². The minimum absolute atomic E-state index is 0.379. The van der Waals surface area contributed by atoms with Gasteiger partial charge in [-0.3, -0.25) is 14.5 Å². The van der Waals surface area contributed by atoms with Crippen LogP contribution in [0.5, 0.6) is 0 Å². The number of anilines is 1. The molecule has 5 nitrogen and oxygen atoms in total. The summed E-state index contributed by atoms with van der Waals surface area (Å²) in [7, 11) is 0. The minimum Gasteiger partial charge on any atom is -0.332 e. The Bertz CT molecular complexity index is 725. The summed E-state index contributed by atoms with van der Waals surface area (Å²) in [4.78, 5) is 31.4. The highest BCUT2D eigenvalue weighted by Crippen LogP contribution is 2.18. The number of benzene rings is 2. The van der Waals surface area contributed by atoms with Gasteiger partial charge in [0.1, 0.15) is 0 Å². The molecule has 0 unspecified atom stereocenters. The fourth-order valence-electron chi connectivity index (χ4n) is 3.17. The summed E-state index contributed by atoms with van der Waals surface area (Å²) in [5, 5.41) is 0. The lowest BCUT2D eigenvalue weighted by Gasteiger charge is -2.34. The number of nitrogens with zero attached hydrogens (tertiary/aromatic N) is 3. The summed E-state index contributed by atoms with van der Waals surface area (Å²) >= 11 is 0. The third-order valence-electron chi connectivity index (χ3n) is 4.79. The lowest BCUT2D eigenvalue weighted by Crippen LogP contribution is -2.53. The molecule has 26 heavy (non-hydrogen) atoms. The van der Waals surface area contributed by atoms with E-state index in [4.69, 9.17) is 0 Å². The lowest BCUT2D eigenvalue weighted by molar-refractivity contribution is -0.145. The molecule has 0 N–H and O–H groups in total. The van der Waals surface area contributed by atoms with Crippen molar-refractivity contribution in [3.63, 3.8) is 0 Å². The van der Waals surface area contributed by atoms with Crippen molar-refractivity contribution in [3.05, 3.63) is 66.2 Å². The van der Waals surface area contributed by atoms with E-state index in [-0.39, 0.29) is 0 Å². The van der Waals surface area contributed by atoms with Crippen molar-refractivity contribution in [2.75, 3.05) is 37.6 Å². The Hall–Kier alpha value is -2.66. The SMILES string of the molecule is CCN1CCN(C(=O)C(=O)N(Cc2ccccc2)c2ccccc2)CC1. The van der Waals surface area contributed by atoms with Crippen LogP contribution in [0.3, 0.4) is 0 Å². The topological polar surface area (TPSA) is 43.9 Å². The monoisotopic (exact) mass is 351 g/mol. The number of hydrogen-bond donors (Lipinski definition) is 0. The smallest absolute Gasteiger partial charge is 0.316 e. The van der Waals surface area contributed by atoms with Crippen molar-refractivity contribution < 1.29 is 9.59 Å². The zero-order valence-electron chi connectivity index (χ0n) is 15.2. The molecule has 2 aromatic carbocycles. The molecule has 5 heteroatoms. The third-order valence-corrected chi connectivity index (χ3v) is 4.79. The Balaban J connectivity index is 1.77. The highest BCUT2D eigenvalue weighted by Gasteiger charge is 2.30. The van der Waals surface area contributed by atoms with Gasteiger partial charge < -0.3 is 9.80 Å². The van der Waals surface area contributed by atoms with E-state index in [1.165, 1.54) is 0 Å². The molecule has 136 valence electrons. The summed E-state index contributed by atoms with van der Waals surface area (Å²) in [6.45, 7) is 6.31. The van der Waals surface area contributed by atoms with Gasteiger partial charge in [0.2, 0.25) is 0 Å². The Morgan fingerprint density at radius 3 is 2.04 bits per heavy atom. The van der Waals surface area contributed by atoms with Gasteiger partial charge >= 0.3 is 11.8 Å². The van der Waals surface area contributed by atoms with E-state index in [2.05, 4.69) is 11.8 Å². The fourth-order valence-corrected chi connectivity index (χ4v) is 3.17. The Morgan fingerprint density at radius 2 is 1.46 bits per heavy atom. The number of para-hydroxylation sites is 1. The Kier molecular flexibility index (Phi) is 6.02. The molecular formula is C21H25N3O2. The van der Waals surface area contributed by atoms with Gasteiger partial charge in [-0.2, -0.15) is 0 Å². The predicted octanol–water partition coefficient (Wildman–Crippen LogP) is 2.38. The summed E-state index contributed by atoms with van der Waals surface area (Å²) < 4.78 is 0. The maximum absolute atomic E-state index is 13.0. The van der Waals surface area contributed by atoms with Gasteiger partial charge in [0, 0.05) is 31.9 Å². The van der Waals surface area contributed by atoms with Gasteiger partial charge in [-0.15, -0.1) is 0 Å². The zero-order chi connectivity index (χ0) is 18.4. The standard InChI is InChI=1S/C21H25N3O2/c1-2-22-13-15-23(16-14-22)20(25)21(26)24(19-11-7-4-8-12-19)17-18-9-5-3-6-10-18/h3-12H,2,13-17H2,1H3. The van der Waals surface area contributed by atoms with Crippen LogP contribution < -0.4 is 4.90 Å². The maximum Gasteiger partial charge on any atom is 0.316 e. The number of likely N-dealkylation sites (N-methyl/N-ethyl adjacent to an activating group) is 1. The van der Waals surface area contributed by atoms with Crippen LogP contribution in [0.25, 0.3) is 0 Å². The average Bonchev–Trinajstić information content (AvgIpc) is 2.72.